The first-order valence-electron chi connectivity index (χ1n) is 21.2. The maximum absolute atomic E-state index is 14.0. The normalized spacial score (nSPS) is 46.9. The summed E-state index contributed by atoms with van der Waals surface area (Å²) in [5.74, 6) is -10.5. The summed E-state index contributed by atoms with van der Waals surface area (Å²) in [6, 6.07) is 0. The Labute approximate surface area is 344 Å². The molecule has 58 heavy (non-hydrogen) atoms. The molecule has 0 saturated carbocycles. The predicted octanol–water partition coefficient (Wildman–Crippen LogP) is 4.18. The predicted molar refractivity (Wildman–Crippen MR) is 217 cm³/mol. The second kappa shape index (κ2) is 20.3. The summed E-state index contributed by atoms with van der Waals surface area (Å²) in [4.78, 5) is 54.6. The summed E-state index contributed by atoms with van der Waals surface area (Å²) in [7, 11) is 0. The van der Waals surface area contributed by atoms with Crippen molar-refractivity contribution in [2.75, 3.05) is 0 Å². The third kappa shape index (κ3) is 10.8. The summed E-state index contributed by atoms with van der Waals surface area (Å²) in [5, 5.41) is 67.3. The maximum Gasteiger partial charge on any atom is 0.330 e. The van der Waals surface area contributed by atoms with Gasteiger partial charge in [0, 0.05) is 42.1 Å². The molecule has 1 spiro atoms. The number of ether oxygens (including phenoxy) is 3. The van der Waals surface area contributed by atoms with Crippen LogP contribution in [0.15, 0.2) is 36.5 Å². The Morgan fingerprint density at radius 3 is 2.05 bits per heavy atom. The van der Waals surface area contributed by atoms with Crippen LogP contribution in [0.25, 0.3) is 0 Å². The molecule has 2 saturated heterocycles. The molecule has 0 radical (unpaired) electrons. The van der Waals surface area contributed by atoms with Crippen LogP contribution in [0.3, 0.4) is 0 Å². The summed E-state index contributed by atoms with van der Waals surface area (Å²) in [6.45, 7) is 17.4. The van der Waals surface area contributed by atoms with E-state index in [1.54, 1.807) is 27.7 Å². The molecule has 3 aliphatic rings. The molecule has 0 aromatic heterocycles. The highest BCUT2D eigenvalue weighted by atomic mass is 16.7. The second-order valence-corrected chi connectivity index (χ2v) is 18.2. The third-order valence-corrected chi connectivity index (χ3v) is 13.3. The van der Waals surface area contributed by atoms with Gasteiger partial charge in [0.2, 0.25) is 0 Å². The molecule has 0 aromatic rings. The van der Waals surface area contributed by atoms with Gasteiger partial charge in [0.15, 0.2) is 17.2 Å². The zero-order chi connectivity index (χ0) is 44.1. The highest BCUT2D eigenvalue weighted by Crippen LogP contribution is 2.49. The number of aliphatic hydroxyl groups is 6. The van der Waals surface area contributed by atoms with Gasteiger partial charge in [-0.05, 0) is 70.6 Å². The molecule has 3 heterocycles. The molecule has 2 fully saturated rings. The van der Waals surface area contributed by atoms with Crippen molar-refractivity contribution in [3.8, 4) is 0 Å². The van der Waals surface area contributed by atoms with E-state index in [2.05, 4.69) is 0 Å². The van der Waals surface area contributed by atoms with E-state index in [9.17, 15) is 49.8 Å². The fourth-order valence-corrected chi connectivity index (χ4v) is 8.94. The number of fused-ring (bicyclic) bond motifs is 2. The molecule has 3 rings (SSSR count). The van der Waals surface area contributed by atoms with Crippen LogP contribution in [0.2, 0.25) is 0 Å². The highest BCUT2D eigenvalue weighted by molar-refractivity contribution is 5.91. The lowest BCUT2D eigenvalue weighted by molar-refractivity contribution is -0.388. The number of hydrogen-bond donors (Lipinski definition) is 6. The van der Waals surface area contributed by atoms with Gasteiger partial charge in [0.25, 0.3) is 5.79 Å². The molecule has 2 bridgehead atoms. The van der Waals surface area contributed by atoms with Crippen LogP contribution >= 0.6 is 0 Å². The van der Waals surface area contributed by atoms with Crippen LogP contribution in [0.4, 0.5) is 0 Å². The van der Waals surface area contributed by atoms with Gasteiger partial charge in [0.1, 0.15) is 17.5 Å². The highest BCUT2D eigenvalue weighted by Gasteiger charge is 2.69. The zero-order valence-electron chi connectivity index (χ0n) is 36.4. The van der Waals surface area contributed by atoms with Crippen molar-refractivity contribution < 1.29 is 64.0 Å². The first-order chi connectivity index (χ1) is 26.8. The molecule has 6 N–H and O–H groups in total. The van der Waals surface area contributed by atoms with Crippen LogP contribution < -0.4 is 0 Å². The Kier molecular flexibility index (Phi) is 17.4. The monoisotopic (exact) mass is 820 g/mol. The number of carbonyl (C=O) groups is 4. The fourth-order valence-electron chi connectivity index (χ4n) is 8.94. The van der Waals surface area contributed by atoms with E-state index in [0.29, 0.717) is 19.3 Å². The number of Topliss-reactive ketones (excluding diaryl/α,β-unsaturated/α-hetero) is 3. The summed E-state index contributed by atoms with van der Waals surface area (Å²) in [6.07, 6.45) is 4.55. The van der Waals surface area contributed by atoms with E-state index < -0.39 is 119 Å². The molecule has 18 atom stereocenters. The average molecular weight is 821 g/mol. The van der Waals surface area contributed by atoms with Crippen molar-refractivity contribution in [1.29, 1.82) is 0 Å². The number of esters is 1. The molecule has 13 heteroatoms. The van der Waals surface area contributed by atoms with Crippen molar-refractivity contribution in [3.63, 3.8) is 0 Å². The van der Waals surface area contributed by atoms with E-state index in [1.165, 1.54) is 40.7 Å². The summed E-state index contributed by atoms with van der Waals surface area (Å²) >= 11 is 0. The van der Waals surface area contributed by atoms with Gasteiger partial charge in [-0.1, -0.05) is 85.8 Å². The Morgan fingerprint density at radius 1 is 0.828 bits per heavy atom. The molecular formula is C45H72O13. The molecule has 0 aromatic carbocycles. The first-order valence-corrected chi connectivity index (χ1v) is 21.2. The SMILES string of the molecule is CCC1/C=C\C=C/CC(C)C(O)C(C)(O)C(=O)C(C)C(O)C(C)C(=O)C(C)C(O)C(C)/C=C/C(=O)OC2C(C)C(CC1)OC1(OC(CC(C)O)C(C)CC1=O)C2(C)O. The molecular weight excluding hydrogens is 748 g/mol. The van der Waals surface area contributed by atoms with E-state index in [4.69, 9.17) is 14.2 Å². The third-order valence-electron chi connectivity index (χ3n) is 13.3. The Morgan fingerprint density at radius 2 is 1.45 bits per heavy atom. The van der Waals surface area contributed by atoms with Crippen LogP contribution in [0.5, 0.6) is 0 Å². The molecule has 0 aliphatic carbocycles. The Bertz CT molecular complexity index is 1510. The lowest BCUT2D eigenvalue weighted by Crippen LogP contribution is -2.75. The first kappa shape index (κ1) is 49.7. The van der Waals surface area contributed by atoms with Gasteiger partial charge >= 0.3 is 5.97 Å². The van der Waals surface area contributed by atoms with Gasteiger partial charge in [-0.2, -0.15) is 0 Å². The smallest absolute Gasteiger partial charge is 0.330 e. The van der Waals surface area contributed by atoms with E-state index >= 15 is 0 Å². The van der Waals surface area contributed by atoms with Gasteiger partial charge in [-0.15, -0.1) is 0 Å². The van der Waals surface area contributed by atoms with Crippen molar-refractivity contribution in [2.45, 2.75) is 174 Å². The van der Waals surface area contributed by atoms with Crippen molar-refractivity contribution in [1.82, 2.24) is 0 Å². The number of ketones is 3. The van der Waals surface area contributed by atoms with Crippen LogP contribution in [-0.4, -0.2) is 114 Å². The van der Waals surface area contributed by atoms with Crippen molar-refractivity contribution in [2.24, 2.45) is 47.3 Å². The van der Waals surface area contributed by atoms with Gasteiger partial charge < -0.3 is 44.8 Å². The number of allylic oxidation sites excluding steroid dienone is 4. The molecule has 0 amide bonds. The second-order valence-electron chi connectivity index (χ2n) is 18.2. The minimum Gasteiger partial charge on any atom is -0.456 e. The van der Waals surface area contributed by atoms with Crippen molar-refractivity contribution >= 4 is 23.3 Å². The van der Waals surface area contributed by atoms with Gasteiger partial charge in [0.05, 0.1) is 36.6 Å². The van der Waals surface area contributed by atoms with Crippen LogP contribution in [0, 0.1) is 47.3 Å². The largest absolute Gasteiger partial charge is 0.456 e. The van der Waals surface area contributed by atoms with E-state index in [-0.39, 0.29) is 24.7 Å². The minimum absolute atomic E-state index is 0.00618. The van der Waals surface area contributed by atoms with Crippen LogP contribution in [0.1, 0.15) is 115 Å². The van der Waals surface area contributed by atoms with Crippen LogP contribution in [-0.2, 0) is 33.4 Å². The average Bonchev–Trinajstić information content (AvgIpc) is 3.16. The quantitative estimate of drug-likeness (QED) is 0.221. The van der Waals surface area contributed by atoms with Crippen molar-refractivity contribution in [3.05, 3.63) is 36.5 Å². The fraction of sp³-hybridized carbons (Fsp3) is 0.778. The summed E-state index contributed by atoms with van der Waals surface area (Å²) in [5.41, 5.74) is -4.38. The van der Waals surface area contributed by atoms with E-state index in [0.717, 1.165) is 12.5 Å². The standard InChI is InChI=1S/C45H72O13/c1-12-32-17-15-13-14-16-25(3)40(52)43(10,54)41(53)31(9)39(51)30(8)38(50)29(7)37(49)24(2)18-21-36(48)56-42-28(6)33(20-19-32)57-45(44(42,11)55)35(47)22-26(4)34(58-45)23-27(5)46/h13-15,17-18,21,24-34,37,39-40,42,46,49,51-52,54-55H,12,16,19-20,22-23H2,1-11H3/b14-13-,17-15-,21-18+. The maximum atomic E-state index is 14.0. The molecule has 3 aliphatic heterocycles. The Balaban J connectivity index is 2.06. The number of carbonyl (C=O) groups excluding carboxylic acids is 4. The number of rotatable bonds is 3. The topological polar surface area (TPSA) is 217 Å². The van der Waals surface area contributed by atoms with E-state index in [1.807, 2.05) is 38.2 Å². The van der Waals surface area contributed by atoms with Gasteiger partial charge in [-0.25, -0.2) is 4.79 Å². The summed E-state index contributed by atoms with van der Waals surface area (Å²) < 4.78 is 19.0. The molecule has 13 nitrogen and oxygen atoms in total. The zero-order valence-corrected chi connectivity index (χ0v) is 36.4. The molecule has 330 valence electrons. The lowest BCUT2D eigenvalue weighted by atomic mass is 9.71. The number of hydrogen-bond acceptors (Lipinski definition) is 13. The molecule has 18 unspecified atom stereocenters. The Hall–Kier alpha value is -2.62. The van der Waals surface area contributed by atoms with Gasteiger partial charge in [-0.3, -0.25) is 14.4 Å². The minimum atomic E-state index is -2.23. The number of aliphatic hydroxyl groups excluding tert-OH is 4. The lowest BCUT2D eigenvalue weighted by Gasteiger charge is -2.57.